The number of nitrogens with two attached hydrogens (primary N) is 1. The molecular weight excluding hydrogens is 398 g/mol. The van der Waals surface area contributed by atoms with Gasteiger partial charge in [-0.2, -0.15) is 0 Å². The molecule has 0 aromatic heterocycles. The first-order valence-corrected chi connectivity index (χ1v) is 11.2. The Morgan fingerprint density at radius 3 is 2.25 bits per heavy atom. The number of benzene rings is 3. The molecule has 1 amide bonds. The molecule has 32 heavy (non-hydrogen) atoms. The molecular formula is C27H31N3O2. The summed E-state index contributed by atoms with van der Waals surface area (Å²) in [6.07, 6.45) is 3.42. The minimum atomic E-state index is -0.144. The van der Waals surface area contributed by atoms with Crippen LogP contribution in [0.15, 0.2) is 66.7 Å². The number of carbonyl (C=O) groups is 1. The molecule has 0 saturated carbocycles. The van der Waals surface area contributed by atoms with Crippen LogP contribution >= 0.6 is 0 Å². The van der Waals surface area contributed by atoms with E-state index in [0.717, 1.165) is 29.8 Å². The summed E-state index contributed by atoms with van der Waals surface area (Å²) in [5, 5.41) is 2.99. The number of anilines is 1. The second-order valence-electron chi connectivity index (χ2n) is 8.34. The van der Waals surface area contributed by atoms with Crippen LogP contribution in [0.5, 0.6) is 5.75 Å². The van der Waals surface area contributed by atoms with Gasteiger partial charge in [0.25, 0.3) is 5.91 Å². The molecule has 0 bridgehead atoms. The zero-order valence-corrected chi connectivity index (χ0v) is 18.6. The number of methoxy groups -OCH3 is 1. The highest BCUT2D eigenvalue weighted by Gasteiger charge is 2.12. The van der Waals surface area contributed by atoms with Gasteiger partial charge in [0.2, 0.25) is 0 Å². The smallest absolute Gasteiger partial charge is 0.253 e. The molecule has 4 rings (SSSR count). The summed E-state index contributed by atoms with van der Waals surface area (Å²) in [5.74, 6) is 0.661. The Balaban J connectivity index is 1.29. The van der Waals surface area contributed by atoms with Gasteiger partial charge < -0.3 is 15.8 Å². The van der Waals surface area contributed by atoms with Crippen molar-refractivity contribution in [1.82, 2.24) is 10.2 Å². The van der Waals surface area contributed by atoms with Crippen molar-refractivity contribution in [3.63, 3.8) is 0 Å². The topological polar surface area (TPSA) is 67.6 Å². The maximum absolute atomic E-state index is 12.6. The van der Waals surface area contributed by atoms with E-state index in [4.69, 9.17) is 10.5 Å². The molecule has 1 aliphatic heterocycles. The van der Waals surface area contributed by atoms with Crippen LogP contribution in [0.2, 0.25) is 0 Å². The highest BCUT2D eigenvalue weighted by molar-refractivity contribution is 6.00. The molecule has 1 heterocycles. The van der Waals surface area contributed by atoms with Crippen molar-refractivity contribution in [3.8, 4) is 16.9 Å². The summed E-state index contributed by atoms with van der Waals surface area (Å²) in [4.78, 5) is 15.1. The summed E-state index contributed by atoms with van der Waals surface area (Å²) < 4.78 is 5.20. The fourth-order valence-corrected chi connectivity index (χ4v) is 4.16. The first-order valence-electron chi connectivity index (χ1n) is 11.2. The number of hydrogen-bond acceptors (Lipinski definition) is 4. The van der Waals surface area contributed by atoms with Crippen LogP contribution in [0.25, 0.3) is 11.1 Å². The summed E-state index contributed by atoms with van der Waals surface area (Å²) in [5.41, 5.74) is 11.7. The van der Waals surface area contributed by atoms with Crippen molar-refractivity contribution in [2.24, 2.45) is 0 Å². The number of carbonyl (C=O) groups excluding carboxylic acids is 1. The second kappa shape index (κ2) is 10.3. The van der Waals surface area contributed by atoms with E-state index in [2.05, 4.69) is 34.5 Å². The number of rotatable bonds is 8. The van der Waals surface area contributed by atoms with E-state index in [1.165, 1.54) is 37.1 Å². The number of nitrogen functional groups attached to an aromatic ring is 1. The van der Waals surface area contributed by atoms with Crippen molar-refractivity contribution >= 4 is 11.6 Å². The monoisotopic (exact) mass is 429 g/mol. The average Bonchev–Trinajstić information content (AvgIpc) is 3.33. The number of hydrogen-bond donors (Lipinski definition) is 2. The summed E-state index contributed by atoms with van der Waals surface area (Å²) in [6.45, 7) is 4.02. The summed E-state index contributed by atoms with van der Waals surface area (Å²) in [6, 6.07) is 22.0. The lowest BCUT2D eigenvalue weighted by Crippen LogP contribution is -2.26. The molecule has 0 spiro atoms. The van der Waals surface area contributed by atoms with E-state index in [1.54, 1.807) is 13.2 Å². The minimum Gasteiger partial charge on any atom is -0.497 e. The van der Waals surface area contributed by atoms with Crippen LogP contribution < -0.4 is 15.8 Å². The Bertz CT molecular complexity index is 1040. The van der Waals surface area contributed by atoms with Gasteiger partial charge in [0.15, 0.2) is 0 Å². The van der Waals surface area contributed by atoms with Gasteiger partial charge in [-0.25, -0.2) is 0 Å². The summed E-state index contributed by atoms with van der Waals surface area (Å²) >= 11 is 0. The van der Waals surface area contributed by atoms with E-state index in [-0.39, 0.29) is 5.91 Å². The molecule has 3 aromatic rings. The SMILES string of the molecule is COc1ccc(-c2ccc(C(=O)NCCc3ccc(CN4CCCC4)cc3)c(N)c2)cc1. The van der Waals surface area contributed by atoms with E-state index < -0.39 is 0 Å². The third-order valence-electron chi connectivity index (χ3n) is 6.05. The average molecular weight is 430 g/mol. The van der Waals surface area contributed by atoms with Crippen molar-refractivity contribution < 1.29 is 9.53 Å². The van der Waals surface area contributed by atoms with E-state index in [0.29, 0.717) is 17.8 Å². The number of amides is 1. The molecule has 3 aromatic carbocycles. The van der Waals surface area contributed by atoms with Crippen molar-refractivity contribution in [1.29, 1.82) is 0 Å². The van der Waals surface area contributed by atoms with E-state index in [1.807, 2.05) is 36.4 Å². The van der Waals surface area contributed by atoms with Gasteiger partial charge >= 0.3 is 0 Å². The molecule has 5 nitrogen and oxygen atoms in total. The Kier molecular flexibility index (Phi) is 7.07. The Hall–Kier alpha value is -3.31. The van der Waals surface area contributed by atoms with Gasteiger partial charge in [-0.1, -0.05) is 42.5 Å². The second-order valence-corrected chi connectivity index (χ2v) is 8.34. The fourth-order valence-electron chi connectivity index (χ4n) is 4.16. The van der Waals surface area contributed by atoms with Gasteiger partial charge in [0.1, 0.15) is 5.75 Å². The Morgan fingerprint density at radius 2 is 1.59 bits per heavy atom. The highest BCUT2D eigenvalue weighted by atomic mass is 16.5. The molecule has 1 fully saturated rings. The Morgan fingerprint density at radius 1 is 0.938 bits per heavy atom. The third kappa shape index (κ3) is 5.48. The zero-order chi connectivity index (χ0) is 22.3. The highest BCUT2D eigenvalue weighted by Crippen LogP contribution is 2.26. The maximum Gasteiger partial charge on any atom is 0.253 e. The lowest BCUT2D eigenvalue weighted by molar-refractivity contribution is 0.0955. The molecule has 3 N–H and O–H groups in total. The summed E-state index contributed by atoms with van der Waals surface area (Å²) in [7, 11) is 1.64. The third-order valence-corrected chi connectivity index (χ3v) is 6.05. The van der Waals surface area contributed by atoms with Crippen LogP contribution in [0.1, 0.15) is 34.3 Å². The minimum absolute atomic E-state index is 0.144. The standard InChI is InChI=1S/C27H31N3O2/c1-32-24-11-8-22(9-12-24)23-10-13-25(26(28)18-23)27(31)29-15-14-20-4-6-21(7-5-20)19-30-16-2-3-17-30/h4-13,18H,2-3,14-17,19,28H2,1H3,(H,29,31). The molecule has 5 heteroatoms. The zero-order valence-electron chi connectivity index (χ0n) is 18.6. The van der Waals surface area contributed by atoms with Crippen LogP contribution in [-0.4, -0.2) is 37.6 Å². The largest absolute Gasteiger partial charge is 0.497 e. The van der Waals surface area contributed by atoms with Crippen LogP contribution in [-0.2, 0) is 13.0 Å². The van der Waals surface area contributed by atoms with E-state index in [9.17, 15) is 4.79 Å². The first kappa shape index (κ1) is 21.9. The molecule has 0 atom stereocenters. The quantitative estimate of drug-likeness (QED) is 0.517. The van der Waals surface area contributed by atoms with Crippen molar-refractivity contribution in [2.45, 2.75) is 25.8 Å². The predicted molar refractivity (Wildman–Crippen MR) is 130 cm³/mol. The molecule has 0 aliphatic carbocycles. The van der Waals surface area contributed by atoms with E-state index >= 15 is 0 Å². The molecule has 166 valence electrons. The first-order chi connectivity index (χ1) is 15.6. The van der Waals surface area contributed by atoms with Crippen molar-refractivity contribution in [2.75, 3.05) is 32.5 Å². The van der Waals surface area contributed by atoms with Gasteiger partial charge in [0.05, 0.1) is 12.7 Å². The van der Waals surface area contributed by atoms with Crippen molar-refractivity contribution in [3.05, 3.63) is 83.4 Å². The predicted octanol–water partition coefficient (Wildman–Crippen LogP) is 4.51. The van der Waals surface area contributed by atoms with Gasteiger partial charge in [0, 0.05) is 18.8 Å². The molecule has 1 saturated heterocycles. The number of nitrogens with zero attached hydrogens (tertiary/aromatic N) is 1. The van der Waals surface area contributed by atoms with Gasteiger partial charge in [-0.05, 0) is 78.9 Å². The number of likely N-dealkylation sites (tertiary alicyclic amines) is 1. The fraction of sp³-hybridized carbons (Fsp3) is 0.296. The molecule has 0 unspecified atom stereocenters. The van der Waals surface area contributed by atoms with Gasteiger partial charge in [-0.3, -0.25) is 9.69 Å². The lowest BCUT2D eigenvalue weighted by atomic mass is 10.0. The molecule has 0 radical (unpaired) electrons. The van der Waals surface area contributed by atoms with Crippen LogP contribution in [0.3, 0.4) is 0 Å². The van der Waals surface area contributed by atoms with Gasteiger partial charge in [-0.15, -0.1) is 0 Å². The maximum atomic E-state index is 12.6. The van der Waals surface area contributed by atoms with Crippen LogP contribution in [0, 0.1) is 0 Å². The number of ether oxygens (including phenoxy) is 1. The number of nitrogens with one attached hydrogen (secondary N) is 1. The lowest BCUT2D eigenvalue weighted by Gasteiger charge is -2.14. The molecule has 1 aliphatic rings. The van der Waals surface area contributed by atoms with Crippen LogP contribution in [0.4, 0.5) is 5.69 Å². The Labute approximate surface area is 190 Å². The normalized spacial score (nSPS) is 13.8.